The predicted octanol–water partition coefficient (Wildman–Crippen LogP) is 1.50. The molecular weight excluding hydrogens is 416 g/mol. The molecule has 0 spiro atoms. The molecule has 1 aromatic heterocycles. The van der Waals surface area contributed by atoms with Crippen molar-refractivity contribution in [2.45, 2.75) is 31.3 Å². The van der Waals surface area contributed by atoms with Gasteiger partial charge in [0, 0.05) is 71.9 Å². The summed E-state index contributed by atoms with van der Waals surface area (Å²) >= 11 is 6.07. The van der Waals surface area contributed by atoms with E-state index in [1.165, 1.54) is 0 Å². The average molecular weight is 443 g/mol. The van der Waals surface area contributed by atoms with Crippen LogP contribution in [-0.4, -0.2) is 64.9 Å². The fourth-order valence-electron chi connectivity index (χ4n) is 5.94. The number of hydrogen-bond acceptors (Lipinski definition) is 5. The Morgan fingerprint density at radius 1 is 0.935 bits per heavy atom. The Morgan fingerprint density at radius 2 is 1.68 bits per heavy atom. The third-order valence-corrected chi connectivity index (χ3v) is 7.85. The van der Waals surface area contributed by atoms with Gasteiger partial charge in [-0.25, -0.2) is 10.9 Å². The maximum absolute atomic E-state index is 13.1. The smallest absolute Gasteiger partial charge is 0.270 e. The number of aromatic nitrogens is 1. The molecule has 164 valence electrons. The van der Waals surface area contributed by atoms with Crippen molar-refractivity contribution in [2.24, 2.45) is 17.8 Å². The molecule has 8 nitrogen and oxygen atoms in total. The van der Waals surface area contributed by atoms with Gasteiger partial charge in [0.15, 0.2) is 0 Å². The molecular formula is C22H27ClN6O2. The quantitative estimate of drug-likeness (QED) is 0.565. The van der Waals surface area contributed by atoms with E-state index in [1.54, 1.807) is 0 Å². The minimum Gasteiger partial charge on any atom is -0.351 e. The lowest BCUT2D eigenvalue weighted by molar-refractivity contribution is -0.136. The molecule has 4 heterocycles. The van der Waals surface area contributed by atoms with Crippen LogP contribution in [0, 0.1) is 17.8 Å². The number of rotatable bonds is 2. The lowest BCUT2D eigenvalue weighted by Crippen LogP contribution is -2.45. The van der Waals surface area contributed by atoms with E-state index in [1.807, 2.05) is 29.2 Å². The average Bonchev–Trinajstić information content (AvgIpc) is 3.53. The molecule has 0 radical (unpaired) electrons. The SMILES string of the molecule is O=C(c1cc2cc(Cl)ccc2[nH]1)N1C[C@@H]2CN(C(=O)C3CCC4NNNC4C3)C[C@@H]2C1. The van der Waals surface area contributed by atoms with Crippen molar-refractivity contribution < 1.29 is 9.59 Å². The normalized spacial score (nSPS) is 32.5. The summed E-state index contributed by atoms with van der Waals surface area (Å²) < 4.78 is 0. The van der Waals surface area contributed by atoms with E-state index in [2.05, 4.69) is 26.3 Å². The Morgan fingerprint density at radius 3 is 2.48 bits per heavy atom. The first-order valence-electron chi connectivity index (χ1n) is 11.2. The lowest BCUT2D eigenvalue weighted by Gasteiger charge is -2.32. The maximum atomic E-state index is 13.1. The summed E-state index contributed by atoms with van der Waals surface area (Å²) in [5.41, 5.74) is 11.0. The number of hydrogen-bond donors (Lipinski definition) is 4. The number of halogens is 1. The molecule has 3 aliphatic heterocycles. The monoisotopic (exact) mass is 442 g/mol. The van der Waals surface area contributed by atoms with Crippen LogP contribution in [0.15, 0.2) is 24.3 Å². The molecule has 0 bridgehead atoms. The fraction of sp³-hybridized carbons (Fsp3) is 0.545. The summed E-state index contributed by atoms with van der Waals surface area (Å²) in [6.45, 7) is 2.97. The Hall–Kier alpha value is -2.13. The summed E-state index contributed by atoms with van der Waals surface area (Å²) in [6.07, 6.45) is 2.83. The Balaban J connectivity index is 1.08. The lowest BCUT2D eigenvalue weighted by atomic mass is 9.82. The number of amides is 2. The van der Waals surface area contributed by atoms with Crippen LogP contribution in [0.4, 0.5) is 0 Å². The van der Waals surface area contributed by atoms with Crippen LogP contribution in [0.2, 0.25) is 5.02 Å². The van der Waals surface area contributed by atoms with E-state index in [0.717, 1.165) is 43.3 Å². The zero-order valence-electron chi connectivity index (χ0n) is 17.2. The molecule has 9 heteroatoms. The van der Waals surface area contributed by atoms with Crippen molar-refractivity contribution in [2.75, 3.05) is 26.2 Å². The van der Waals surface area contributed by atoms with Crippen molar-refractivity contribution in [3.63, 3.8) is 0 Å². The molecule has 2 aromatic rings. The van der Waals surface area contributed by atoms with Crippen LogP contribution in [-0.2, 0) is 4.79 Å². The molecule has 4 N–H and O–H groups in total. The second-order valence-corrected chi connectivity index (χ2v) is 9.96. The molecule has 3 unspecified atom stereocenters. The number of fused-ring (bicyclic) bond motifs is 3. The summed E-state index contributed by atoms with van der Waals surface area (Å²) in [4.78, 5) is 33.4. The predicted molar refractivity (Wildman–Crippen MR) is 117 cm³/mol. The number of hydrazine groups is 2. The van der Waals surface area contributed by atoms with Crippen molar-refractivity contribution in [3.05, 3.63) is 35.0 Å². The molecule has 2 amide bonds. The van der Waals surface area contributed by atoms with Gasteiger partial charge >= 0.3 is 0 Å². The standard InChI is InChI=1S/C22H27ClN6O2/c23-16-2-4-17-13(5-16)7-20(24-17)22(31)29-10-14-8-28(9-15(14)11-29)21(30)12-1-3-18-19(6-12)26-27-25-18/h2,4-5,7,12,14-15,18-19,24-27H,1,3,6,8-11H2/t12?,14-,15+,18?,19?. The highest BCUT2D eigenvalue weighted by molar-refractivity contribution is 6.31. The third-order valence-electron chi connectivity index (χ3n) is 7.61. The van der Waals surface area contributed by atoms with E-state index in [0.29, 0.717) is 53.6 Å². The van der Waals surface area contributed by atoms with E-state index < -0.39 is 0 Å². The molecule has 3 saturated heterocycles. The van der Waals surface area contributed by atoms with Crippen molar-refractivity contribution >= 4 is 34.3 Å². The third kappa shape index (κ3) is 3.42. The molecule has 1 aliphatic carbocycles. The van der Waals surface area contributed by atoms with Gasteiger partial charge < -0.3 is 14.8 Å². The number of nitrogens with one attached hydrogen (secondary N) is 4. The van der Waals surface area contributed by atoms with E-state index in [-0.39, 0.29) is 11.8 Å². The highest BCUT2D eigenvalue weighted by Gasteiger charge is 2.45. The number of H-pyrrole nitrogens is 1. The minimum absolute atomic E-state index is 0.0326. The number of aromatic amines is 1. The fourth-order valence-corrected chi connectivity index (χ4v) is 6.12. The number of benzene rings is 1. The number of likely N-dealkylation sites (tertiary alicyclic amines) is 2. The highest BCUT2D eigenvalue weighted by Crippen LogP contribution is 2.35. The second kappa shape index (κ2) is 7.48. The summed E-state index contributed by atoms with van der Waals surface area (Å²) in [6, 6.07) is 8.21. The molecule has 5 atom stereocenters. The number of nitrogens with zero attached hydrogens (tertiary/aromatic N) is 2. The molecule has 31 heavy (non-hydrogen) atoms. The molecule has 1 saturated carbocycles. The van der Waals surface area contributed by atoms with E-state index >= 15 is 0 Å². The van der Waals surface area contributed by atoms with Crippen molar-refractivity contribution in [1.82, 2.24) is 31.2 Å². The van der Waals surface area contributed by atoms with Gasteiger partial charge in [-0.05, 0) is 43.5 Å². The largest absolute Gasteiger partial charge is 0.351 e. The van der Waals surface area contributed by atoms with Gasteiger partial charge in [-0.2, -0.15) is 5.53 Å². The Bertz CT molecular complexity index is 1030. The van der Waals surface area contributed by atoms with Gasteiger partial charge in [0.05, 0.1) is 0 Å². The minimum atomic E-state index is 0.0326. The van der Waals surface area contributed by atoms with Crippen LogP contribution in [0.25, 0.3) is 10.9 Å². The van der Waals surface area contributed by atoms with Gasteiger partial charge in [-0.3, -0.25) is 9.59 Å². The van der Waals surface area contributed by atoms with Gasteiger partial charge in [-0.15, -0.1) is 0 Å². The summed E-state index contributed by atoms with van der Waals surface area (Å²) in [5.74, 6) is 1.18. The summed E-state index contributed by atoms with van der Waals surface area (Å²) in [5, 5.41) is 1.61. The Kier molecular flexibility index (Phi) is 4.72. The topological polar surface area (TPSA) is 92.5 Å². The first kappa shape index (κ1) is 19.5. The van der Waals surface area contributed by atoms with Gasteiger partial charge in [0.1, 0.15) is 5.69 Å². The van der Waals surface area contributed by atoms with E-state index in [9.17, 15) is 9.59 Å². The van der Waals surface area contributed by atoms with Gasteiger partial charge in [-0.1, -0.05) is 11.6 Å². The van der Waals surface area contributed by atoms with Gasteiger partial charge in [0.2, 0.25) is 5.91 Å². The zero-order chi connectivity index (χ0) is 21.1. The molecule has 1 aromatic carbocycles. The number of carbonyl (C=O) groups is 2. The second-order valence-electron chi connectivity index (χ2n) is 9.52. The maximum Gasteiger partial charge on any atom is 0.270 e. The van der Waals surface area contributed by atoms with Crippen molar-refractivity contribution in [1.29, 1.82) is 0 Å². The first-order chi connectivity index (χ1) is 15.0. The van der Waals surface area contributed by atoms with Crippen LogP contribution in [0.1, 0.15) is 29.8 Å². The molecule has 6 rings (SSSR count). The molecule has 4 aliphatic rings. The van der Waals surface area contributed by atoms with Crippen LogP contribution < -0.4 is 16.4 Å². The molecule has 4 fully saturated rings. The summed E-state index contributed by atoms with van der Waals surface area (Å²) in [7, 11) is 0. The van der Waals surface area contributed by atoms with Crippen LogP contribution in [0.5, 0.6) is 0 Å². The van der Waals surface area contributed by atoms with Crippen LogP contribution >= 0.6 is 11.6 Å². The Labute approximate surface area is 185 Å². The first-order valence-corrected chi connectivity index (χ1v) is 11.6. The highest BCUT2D eigenvalue weighted by atomic mass is 35.5. The zero-order valence-corrected chi connectivity index (χ0v) is 18.0. The van der Waals surface area contributed by atoms with Crippen molar-refractivity contribution in [3.8, 4) is 0 Å². The van der Waals surface area contributed by atoms with Gasteiger partial charge in [0.25, 0.3) is 5.91 Å². The van der Waals surface area contributed by atoms with Crippen LogP contribution in [0.3, 0.4) is 0 Å². The number of carbonyl (C=O) groups excluding carboxylic acids is 2. The van der Waals surface area contributed by atoms with E-state index in [4.69, 9.17) is 11.6 Å².